The molecule has 0 amide bonds. The number of benzene rings is 4. The number of carbonyl (C=O) groups is 2. The minimum Gasteiger partial charge on any atom is -0.496 e. The van der Waals surface area contributed by atoms with E-state index in [4.69, 9.17) is 42.6 Å². The van der Waals surface area contributed by atoms with Gasteiger partial charge in [-0.1, -0.05) is 36.4 Å². The van der Waals surface area contributed by atoms with E-state index in [-0.39, 0.29) is 25.9 Å². The molecule has 5 heterocycles. The summed E-state index contributed by atoms with van der Waals surface area (Å²) in [4.78, 5) is 24.6. The Morgan fingerprint density at radius 1 is 0.698 bits per heavy atom. The molecule has 0 spiro atoms. The van der Waals surface area contributed by atoms with Gasteiger partial charge in [0.25, 0.3) is 5.79 Å². The number of esters is 1. The zero-order chi connectivity index (χ0) is 37.1. The second-order valence-electron chi connectivity index (χ2n) is 12.9. The SMILES string of the molecule is COc1ccccc1C1c2cc3c(cc2OC(O)(CO)C1C(=O)O)OCO3.COc1ccccc1C1c2cc3c(cc2OC2(O)COC(=O)C12)OCO3. The van der Waals surface area contributed by atoms with Gasteiger partial charge in [-0.25, -0.2) is 0 Å². The first-order chi connectivity index (χ1) is 25.6. The molecule has 1 fully saturated rings. The normalized spacial score (nSPS) is 26.7. The number of hydrogen-bond acceptors (Lipinski definition) is 14. The Morgan fingerprint density at radius 2 is 1.19 bits per heavy atom. The van der Waals surface area contributed by atoms with Crippen molar-refractivity contribution in [1.82, 2.24) is 0 Å². The number of carboxylic acids is 1. The minimum atomic E-state index is -2.32. The van der Waals surface area contributed by atoms with Crippen LogP contribution in [-0.4, -0.2) is 85.0 Å². The van der Waals surface area contributed by atoms with Crippen molar-refractivity contribution in [3.63, 3.8) is 0 Å². The van der Waals surface area contributed by atoms with Crippen LogP contribution in [0.15, 0.2) is 72.8 Å². The maximum Gasteiger partial charge on any atom is 0.317 e. The topological polar surface area (TPSA) is 198 Å². The molecule has 276 valence electrons. The summed E-state index contributed by atoms with van der Waals surface area (Å²) in [6.45, 7) is -0.975. The number of carboxylic acid groups (broad SMARTS) is 1. The average molecular weight is 731 g/mol. The van der Waals surface area contributed by atoms with E-state index in [1.165, 1.54) is 13.2 Å². The van der Waals surface area contributed by atoms with E-state index < -0.39 is 53.8 Å². The lowest BCUT2D eigenvalue weighted by molar-refractivity contribution is -0.220. The average Bonchev–Trinajstić information content (AvgIpc) is 3.90. The quantitative estimate of drug-likeness (QED) is 0.211. The summed E-state index contributed by atoms with van der Waals surface area (Å²) in [5.74, 6) is -5.94. The van der Waals surface area contributed by atoms with Crippen LogP contribution in [0.25, 0.3) is 0 Å². The van der Waals surface area contributed by atoms with Crippen molar-refractivity contribution in [3.8, 4) is 46.0 Å². The molecule has 0 radical (unpaired) electrons. The van der Waals surface area contributed by atoms with E-state index in [2.05, 4.69) is 0 Å². The van der Waals surface area contributed by atoms with Crippen LogP contribution in [0.4, 0.5) is 0 Å². The number of carbonyl (C=O) groups excluding carboxylic acids is 1. The van der Waals surface area contributed by atoms with E-state index in [1.54, 1.807) is 49.6 Å². The molecule has 0 aromatic heterocycles. The van der Waals surface area contributed by atoms with Crippen LogP contribution in [0, 0.1) is 11.8 Å². The lowest BCUT2D eigenvalue weighted by atomic mass is 9.74. The summed E-state index contributed by atoms with van der Waals surface area (Å²) >= 11 is 0. The fraction of sp³-hybridized carbons (Fsp3) is 0.316. The summed E-state index contributed by atoms with van der Waals surface area (Å²) in [5.41, 5.74) is 2.52. The van der Waals surface area contributed by atoms with Gasteiger partial charge in [-0.15, -0.1) is 0 Å². The number of hydrogen-bond donors (Lipinski definition) is 4. The summed E-state index contributed by atoms with van der Waals surface area (Å²) in [7, 11) is 3.05. The number of cyclic esters (lactones) is 1. The fourth-order valence-corrected chi connectivity index (χ4v) is 7.64. The number of para-hydroxylation sites is 2. The Hall–Kier alpha value is -5.90. The van der Waals surface area contributed by atoms with E-state index in [9.17, 15) is 30.0 Å². The third-order valence-corrected chi connectivity index (χ3v) is 10.0. The largest absolute Gasteiger partial charge is 0.496 e. The molecule has 15 heteroatoms. The molecule has 0 saturated carbocycles. The highest BCUT2D eigenvalue weighted by Crippen LogP contribution is 2.56. The highest BCUT2D eigenvalue weighted by atomic mass is 16.7. The Morgan fingerprint density at radius 3 is 1.72 bits per heavy atom. The first kappa shape index (κ1) is 34.2. The third-order valence-electron chi connectivity index (χ3n) is 10.0. The maximum absolute atomic E-state index is 12.5. The predicted molar refractivity (Wildman–Crippen MR) is 179 cm³/mol. The number of rotatable bonds is 6. The molecule has 53 heavy (non-hydrogen) atoms. The van der Waals surface area contributed by atoms with Crippen LogP contribution < -0.4 is 37.9 Å². The molecule has 1 saturated heterocycles. The zero-order valence-electron chi connectivity index (χ0n) is 28.3. The summed E-state index contributed by atoms with van der Waals surface area (Å²) in [6.07, 6.45) is 0. The first-order valence-electron chi connectivity index (χ1n) is 16.5. The molecule has 4 N–H and O–H groups in total. The molecular formula is C38H34O15. The predicted octanol–water partition coefficient (Wildman–Crippen LogP) is 3.14. The van der Waals surface area contributed by atoms with Gasteiger partial charge >= 0.3 is 11.9 Å². The molecule has 0 bridgehead atoms. The summed E-state index contributed by atoms with van der Waals surface area (Å²) in [5, 5.41) is 41.5. The van der Waals surface area contributed by atoms with Crippen molar-refractivity contribution in [2.24, 2.45) is 11.8 Å². The molecule has 15 nitrogen and oxygen atoms in total. The van der Waals surface area contributed by atoms with Crippen molar-refractivity contribution < 1.29 is 72.6 Å². The van der Waals surface area contributed by atoms with E-state index in [0.717, 1.165) is 5.56 Å². The smallest absolute Gasteiger partial charge is 0.317 e. The van der Waals surface area contributed by atoms with Crippen molar-refractivity contribution in [1.29, 1.82) is 0 Å². The van der Waals surface area contributed by atoms with Crippen molar-refractivity contribution in [2.45, 2.75) is 23.4 Å². The number of methoxy groups -OCH3 is 2. The van der Waals surface area contributed by atoms with Crippen LogP contribution in [-0.2, 0) is 14.3 Å². The van der Waals surface area contributed by atoms with E-state index >= 15 is 0 Å². The molecule has 4 aromatic rings. The van der Waals surface area contributed by atoms with Gasteiger partial charge < -0.3 is 63.1 Å². The van der Waals surface area contributed by atoms with Crippen LogP contribution >= 0.6 is 0 Å². The molecule has 6 unspecified atom stereocenters. The molecule has 9 rings (SSSR count). The zero-order valence-corrected chi connectivity index (χ0v) is 28.3. The Labute approximate surface area is 301 Å². The summed E-state index contributed by atoms with van der Waals surface area (Å²) < 4.78 is 49.0. The second kappa shape index (κ2) is 12.9. The number of fused-ring (bicyclic) bond motifs is 5. The van der Waals surface area contributed by atoms with Crippen molar-refractivity contribution in [3.05, 3.63) is 95.1 Å². The highest BCUT2D eigenvalue weighted by Gasteiger charge is 2.60. The van der Waals surface area contributed by atoms with Crippen LogP contribution in [0.1, 0.15) is 34.1 Å². The van der Waals surface area contributed by atoms with E-state index in [0.29, 0.717) is 56.9 Å². The molecule has 4 aromatic carbocycles. The number of ether oxygens (including phenoxy) is 9. The van der Waals surface area contributed by atoms with Gasteiger partial charge in [0.1, 0.15) is 41.4 Å². The minimum absolute atomic E-state index is 0.0319. The fourth-order valence-electron chi connectivity index (χ4n) is 7.64. The number of aliphatic hydroxyl groups is 3. The molecule has 0 aliphatic carbocycles. The first-order valence-corrected chi connectivity index (χ1v) is 16.5. The maximum atomic E-state index is 12.5. The second-order valence-corrected chi connectivity index (χ2v) is 12.9. The van der Waals surface area contributed by atoms with Gasteiger partial charge in [0.2, 0.25) is 19.4 Å². The number of aliphatic hydroxyl groups excluding tert-OH is 1. The van der Waals surface area contributed by atoms with Gasteiger partial charge in [0, 0.05) is 46.2 Å². The van der Waals surface area contributed by atoms with E-state index in [1.807, 2.05) is 24.3 Å². The highest BCUT2D eigenvalue weighted by molar-refractivity contribution is 5.80. The molecular weight excluding hydrogens is 696 g/mol. The molecule has 6 atom stereocenters. The van der Waals surface area contributed by atoms with Gasteiger partial charge in [0.15, 0.2) is 29.6 Å². The van der Waals surface area contributed by atoms with Gasteiger partial charge in [0.05, 0.1) is 14.2 Å². The monoisotopic (exact) mass is 730 g/mol. The third kappa shape index (κ3) is 5.55. The van der Waals surface area contributed by atoms with Gasteiger partial charge in [-0.2, -0.15) is 0 Å². The Bertz CT molecular complexity index is 2100. The Balaban J connectivity index is 0.000000151. The Kier molecular flexibility index (Phi) is 8.36. The molecule has 5 aliphatic heterocycles. The molecule has 5 aliphatic rings. The van der Waals surface area contributed by atoms with Crippen molar-refractivity contribution in [2.75, 3.05) is 41.0 Å². The van der Waals surface area contributed by atoms with Crippen LogP contribution in [0.2, 0.25) is 0 Å². The van der Waals surface area contributed by atoms with Crippen LogP contribution in [0.3, 0.4) is 0 Å². The number of aliphatic carboxylic acids is 1. The van der Waals surface area contributed by atoms with Gasteiger partial charge in [-0.3, -0.25) is 9.59 Å². The lowest BCUT2D eigenvalue weighted by Gasteiger charge is -2.42. The standard InChI is InChI=1S/C19H18O8.C19H16O7/c1-24-12-5-3-2-4-10(12)16-11-6-14-15(26-9-25-14)7-13(11)27-19(23,8-20)17(16)18(21)22;1-22-12-5-3-2-4-10(12)16-11-6-14-15(25-9-24-14)7-13(11)26-19(21)8-23-18(20)17(16)19/h2-7,16-17,20,23H,8-9H2,1H3,(H,21,22);2-7,16-17,21H,8-9H2,1H3. The van der Waals surface area contributed by atoms with Gasteiger partial charge in [-0.05, 0) is 24.3 Å². The lowest BCUT2D eigenvalue weighted by Crippen LogP contribution is -2.55. The van der Waals surface area contributed by atoms with Crippen molar-refractivity contribution >= 4 is 11.9 Å². The van der Waals surface area contributed by atoms with Crippen LogP contribution in [0.5, 0.6) is 46.0 Å². The summed E-state index contributed by atoms with van der Waals surface area (Å²) in [6, 6.07) is 21.0.